The predicted molar refractivity (Wildman–Crippen MR) is 64.2 cm³/mol. The first-order valence-electron chi connectivity index (χ1n) is 5.28. The number of aryl methyl sites for hydroxylation is 1. The fourth-order valence-electron chi connectivity index (χ4n) is 1.24. The molecule has 1 heterocycles. The van der Waals surface area contributed by atoms with Gasteiger partial charge in [0.25, 0.3) is 0 Å². The van der Waals surface area contributed by atoms with Crippen molar-refractivity contribution in [2.24, 2.45) is 0 Å². The van der Waals surface area contributed by atoms with Gasteiger partial charge in [0.1, 0.15) is 5.78 Å². The third-order valence-electron chi connectivity index (χ3n) is 2.11. The van der Waals surface area contributed by atoms with Crippen molar-refractivity contribution in [3.05, 3.63) is 24.0 Å². The molecule has 1 aromatic rings. The number of Topliss-reactive ketones (excluding diaryl/α,β-unsaturated/α-hetero) is 1. The van der Waals surface area contributed by atoms with Gasteiger partial charge in [0.05, 0.1) is 0 Å². The van der Waals surface area contributed by atoms with Crippen LogP contribution in [0, 0.1) is 6.92 Å². The first-order valence-corrected chi connectivity index (χ1v) is 6.27. The summed E-state index contributed by atoms with van der Waals surface area (Å²) in [5, 5.41) is 0. The van der Waals surface area contributed by atoms with Crippen molar-refractivity contribution in [1.82, 2.24) is 4.98 Å². The highest BCUT2D eigenvalue weighted by molar-refractivity contribution is 7.99. The predicted octanol–water partition coefficient (Wildman–Crippen LogP) is 3.24. The van der Waals surface area contributed by atoms with E-state index in [0.29, 0.717) is 18.6 Å². The Bertz CT molecular complexity index is 325. The summed E-state index contributed by atoms with van der Waals surface area (Å²) in [5.74, 6) is 1.36. The van der Waals surface area contributed by atoms with Crippen LogP contribution >= 0.6 is 11.8 Å². The van der Waals surface area contributed by atoms with Crippen LogP contribution in [-0.2, 0) is 4.79 Å². The Hall–Kier alpha value is -0.830. The fourth-order valence-corrected chi connectivity index (χ4v) is 2.17. The zero-order valence-electron chi connectivity index (χ0n) is 9.32. The first kappa shape index (κ1) is 12.2. The Labute approximate surface area is 95.5 Å². The Balaban J connectivity index is 2.23. The number of hydrogen-bond donors (Lipinski definition) is 0. The van der Waals surface area contributed by atoms with Gasteiger partial charge in [0, 0.05) is 30.1 Å². The molecule has 0 spiro atoms. The lowest BCUT2D eigenvalue weighted by atomic mass is 10.2. The van der Waals surface area contributed by atoms with Gasteiger partial charge in [-0.05, 0) is 30.7 Å². The number of aromatic nitrogens is 1. The molecule has 0 amide bonds. The molecule has 1 aromatic heterocycles. The minimum atomic E-state index is 0.359. The minimum absolute atomic E-state index is 0.359. The van der Waals surface area contributed by atoms with Gasteiger partial charge in [0.15, 0.2) is 0 Å². The van der Waals surface area contributed by atoms with Crippen molar-refractivity contribution in [2.45, 2.75) is 38.0 Å². The van der Waals surface area contributed by atoms with Crippen LogP contribution in [0.4, 0.5) is 0 Å². The molecule has 0 bridgehead atoms. The van der Waals surface area contributed by atoms with E-state index in [1.165, 1.54) is 10.5 Å². The van der Waals surface area contributed by atoms with Gasteiger partial charge in [-0.3, -0.25) is 9.78 Å². The van der Waals surface area contributed by atoms with E-state index in [4.69, 9.17) is 0 Å². The Kier molecular flexibility index (Phi) is 5.40. The van der Waals surface area contributed by atoms with Crippen molar-refractivity contribution < 1.29 is 4.79 Å². The Morgan fingerprint density at radius 3 is 2.93 bits per heavy atom. The van der Waals surface area contributed by atoms with Crippen LogP contribution in [0.5, 0.6) is 0 Å². The van der Waals surface area contributed by atoms with E-state index >= 15 is 0 Å². The second-order valence-corrected chi connectivity index (χ2v) is 4.71. The summed E-state index contributed by atoms with van der Waals surface area (Å²) in [6.07, 6.45) is 6.06. The lowest BCUT2D eigenvalue weighted by molar-refractivity contribution is -0.118. The van der Waals surface area contributed by atoms with Gasteiger partial charge in [-0.2, -0.15) is 0 Å². The number of carbonyl (C=O) groups is 1. The molecular formula is C12H17NOS. The van der Waals surface area contributed by atoms with Crippen molar-refractivity contribution in [1.29, 1.82) is 0 Å². The van der Waals surface area contributed by atoms with E-state index in [0.717, 1.165) is 12.2 Å². The monoisotopic (exact) mass is 223 g/mol. The highest BCUT2D eigenvalue weighted by Gasteiger charge is 1.99. The SMILES string of the molecule is CCC(=O)CCCSc1cncc(C)c1. The average molecular weight is 223 g/mol. The molecule has 15 heavy (non-hydrogen) atoms. The van der Waals surface area contributed by atoms with Gasteiger partial charge < -0.3 is 0 Å². The number of carbonyl (C=O) groups excluding carboxylic acids is 1. The molecule has 2 nitrogen and oxygen atoms in total. The van der Waals surface area contributed by atoms with Crippen molar-refractivity contribution >= 4 is 17.5 Å². The van der Waals surface area contributed by atoms with Crippen LogP contribution in [0.3, 0.4) is 0 Å². The fraction of sp³-hybridized carbons (Fsp3) is 0.500. The smallest absolute Gasteiger partial charge is 0.132 e. The maximum atomic E-state index is 11.1. The summed E-state index contributed by atoms with van der Waals surface area (Å²) in [4.78, 5) is 16.4. The van der Waals surface area contributed by atoms with E-state index < -0.39 is 0 Å². The van der Waals surface area contributed by atoms with E-state index in [1.807, 2.05) is 26.2 Å². The lowest BCUT2D eigenvalue weighted by Gasteiger charge is -2.01. The second kappa shape index (κ2) is 6.62. The van der Waals surface area contributed by atoms with Crippen LogP contribution in [0.1, 0.15) is 31.7 Å². The maximum absolute atomic E-state index is 11.1. The first-order chi connectivity index (χ1) is 7.22. The molecule has 1 rings (SSSR count). The van der Waals surface area contributed by atoms with E-state index in [-0.39, 0.29) is 0 Å². The van der Waals surface area contributed by atoms with Gasteiger partial charge in [-0.25, -0.2) is 0 Å². The van der Waals surface area contributed by atoms with Crippen LogP contribution in [0.2, 0.25) is 0 Å². The molecule has 0 aromatic carbocycles. The average Bonchev–Trinajstić information content (AvgIpc) is 2.24. The zero-order chi connectivity index (χ0) is 11.1. The second-order valence-electron chi connectivity index (χ2n) is 3.54. The highest BCUT2D eigenvalue weighted by Crippen LogP contribution is 2.19. The molecule has 0 atom stereocenters. The van der Waals surface area contributed by atoms with Gasteiger partial charge in [-0.1, -0.05) is 6.92 Å². The number of nitrogens with zero attached hydrogens (tertiary/aromatic N) is 1. The number of hydrogen-bond acceptors (Lipinski definition) is 3. The summed E-state index contributed by atoms with van der Waals surface area (Å²) in [5.41, 5.74) is 1.18. The largest absolute Gasteiger partial charge is 0.300 e. The molecule has 0 unspecified atom stereocenters. The number of thioether (sulfide) groups is 1. The molecule has 0 saturated carbocycles. The van der Waals surface area contributed by atoms with Crippen LogP contribution < -0.4 is 0 Å². The molecule has 0 saturated heterocycles. The van der Waals surface area contributed by atoms with Crippen molar-refractivity contribution in [3.63, 3.8) is 0 Å². The zero-order valence-corrected chi connectivity index (χ0v) is 10.1. The summed E-state index contributed by atoms with van der Waals surface area (Å²) in [7, 11) is 0. The van der Waals surface area contributed by atoms with Gasteiger partial charge in [-0.15, -0.1) is 11.8 Å². The Morgan fingerprint density at radius 1 is 1.47 bits per heavy atom. The quantitative estimate of drug-likeness (QED) is 0.548. The summed E-state index contributed by atoms with van der Waals surface area (Å²) in [6, 6.07) is 2.12. The van der Waals surface area contributed by atoms with Crippen molar-refractivity contribution in [2.75, 3.05) is 5.75 Å². The minimum Gasteiger partial charge on any atom is -0.300 e. The molecule has 0 aliphatic heterocycles. The Morgan fingerprint density at radius 2 is 2.27 bits per heavy atom. The van der Waals surface area contributed by atoms with Crippen LogP contribution in [0.15, 0.2) is 23.4 Å². The maximum Gasteiger partial charge on any atom is 0.132 e. The molecule has 0 aliphatic carbocycles. The standard InChI is InChI=1S/C12H17NOS/c1-3-11(14)5-4-6-15-12-7-10(2)8-13-9-12/h7-9H,3-6H2,1-2H3. The molecule has 0 fully saturated rings. The van der Waals surface area contributed by atoms with Gasteiger partial charge >= 0.3 is 0 Å². The summed E-state index contributed by atoms with van der Waals surface area (Å²) in [6.45, 7) is 3.96. The third-order valence-corrected chi connectivity index (χ3v) is 3.16. The van der Waals surface area contributed by atoms with E-state index in [2.05, 4.69) is 11.1 Å². The number of ketones is 1. The normalized spacial score (nSPS) is 10.3. The van der Waals surface area contributed by atoms with Crippen LogP contribution in [0.25, 0.3) is 0 Å². The third kappa shape index (κ3) is 4.98. The number of rotatable bonds is 6. The topological polar surface area (TPSA) is 30.0 Å². The highest BCUT2D eigenvalue weighted by atomic mass is 32.2. The van der Waals surface area contributed by atoms with E-state index in [9.17, 15) is 4.79 Å². The van der Waals surface area contributed by atoms with Gasteiger partial charge in [0.2, 0.25) is 0 Å². The molecule has 0 radical (unpaired) electrons. The number of pyridine rings is 1. The van der Waals surface area contributed by atoms with E-state index in [1.54, 1.807) is 11.8 Å². The summed E-state index contributed by atoms with van der Waals surface area (Å²) < 4.78 is 0. The molecule has 0 aliphatic rings. The summed E-state index contributed by atoms with van der Waals surface area (Å²) >= 11 is 1.77. The molecular weight excluding hydrogens is 206 g/mol. The van der Waals surface area contributed by atoms with Crippen molar-refractivity contribution in [3.8, 4) is 0 Å². The van der Waals surface area contributed by atoms with Crippen LogP contribution in [-0.4, -0.2) is 16.5 Å². The lowest BCUT2D eigenvalue weighted by Crippen LogP contribution is -1.95. The molecule has 3 heteroatoms. The molecule has 82 valence electrons. The molecule has 0 N–H and O–H groups in total.